The van der Waals surface area contributed by atoms with E-state index in [4.69, 9.17) is 5.73 Å². The van der Waals surface area contributed by atoms with Crippen LogP contribution < -0.4 is 5.73 Å². The number of benzene rings is 2. The molecule has 0 atom stereocenters. The van der Waals surface area contributed by atoms with E-state index in [2.05, 4.69) is 66.2 Å². The molecule has 0 radical (unpaired) electrons. The van der Waals surface area contributed by atoms with Crippen molar-refractivity contribution >= 4 is 10.9 Å². The van der Waals surface area contributed by atoms with E-state index in [1.807, 2.05) is 0 Å². The lowest BCUT2D eigenvalue weighted by Gasteiger charge is -2.07. The molecule has 2 aromatic carbocycles. The van der Waals surface area contributed by atoms with Crippen LogP contribution in [0.5, 0.6) is 0 Å². The van der Waals surface area contributed by atoms with Crippen molar-refractivity contribution in [2.75, 3.05) is 0 Å². The number of hydrogen-bond acceptors (Lipinski definition) is 1. The second-order valence-electron chi connectivity index (χ2n) is 5.03. The first-order valence-corrected chi connectivity index (χ1v) is 6.59. The zero-order valence-corrected chi connectivity index (χ0v) is 11.1. The van der Waals surface area contributed by atoms with Gasteiger partial charge in [-0.3, -0.25) is 0 Å². The van der Waals surface area contributed by atoms with Crippen LogP contribution in [-0.2, 0) is 13.1 Å². The zero-order valence-electron chi connectivity index (χ0n) is 11.1. The van der Waals surface area contributed by atoms with Gasteiger partial charge in [-0.25, -0.2) is 0 Å². The highest BCUT2D eigenvalue weighted by molar-refractivity contribution is 5.80. The van der Waals surface area contributed by atoms with Crippen LogP contribution in [0, 0.1) is 6.92 Å². The molecule has 2 N–H and O–H groups in total. The van der Waals surface area contributed by atoms with Crippen molar-refractivity contribution in [3.05, 3.63) is 71.4 Å². The molecule has 2 nitrogen and oxygen atoms in total. The molecule has 0 saturated heterocycles. The van der Waals surface area contributed by atoms with Crippen LogP contribution in [0.1, 0.15) is 16.7 Å². The van der Waals surface area contributed by atoms with E-state index in [-0.39, 0.29) is 0 Å². The minimum Gasteiger partial charge on any atom is -0.343 e. The predicted octanol–water partition coefficient (Wildman–Crippen LogP) is 3.46. The SMILES string of the molecule is Cc1cccc(Cn2ccc3ccc(CN)cc32)c1. The van der Waals surface area contributed by atoms with Gasteiger partial charge in [0.15, 0.2) is 0 Å². The molecular weight excluding hydrogens is 232 g/mol. The summed E-state index contributed by atoms with van der Waals surface area (Å²) in [6.07, 6.45) is 2.15. The van der Waals surface area contributed by atoms with Crippen molar-refractivity contribution < 1.29 is 0 Å². The van der Waals surface area contributed by atoms with Crippen molar-refractivity contribution in [1.29, 1.82) is 0 Å². The van der Waals surface area contributed by atoms with E-state index < -0.39 is 0 Å². The van der Waals surface area contributed by atoms with Crippen molar-refractivity contribution in [2.45, 2.75) is 20.0 Å². The Morgan fingerprint density at radius 3 is 2.68 bits per heavy atom. The highest BCUT2D eigenvalue weighted by Crippen LogP contribution is 2.19. The molecule has 1 aromatic heterocycles. The Balaban J connectivity index is 2.00. The molecule has 2 heteroatoms. The summed E-state index contributed by atoms with van der Waals surface area (Å²) in [5.41, 5.74) is 10.8. The van der Waals surface area contributed by atoms with Gasteiger partial charge in [-0.2, -0.15) is 0 Å². The summed E-state index contributed by atoms with van der Waals surface area (Å²) in [5.74, 6) is 0. The van der Waals surface area contributed by atoms with Crippen molar-refractivity contribution in [3.63, 3.8) is 0 Å². The van der Waals surface area contributed by atoms with Gasteiger partial charge in [0.1, 0.15) is 0 Å². The molecule has 0 spiro atoms. The highest BCUT2D eigenvalue weighted by atomic mass is 14.9. The first kappa shape index (κ1) is 12.0. The van der Waals surface area contributed by atoms with Gasteiger partial charge >= 0.3 is 0 Å². The van der Waals surface area contributed by atoms with Gasteiger partial charge in [-0.05, 0) is 35.6 Å². The number of hydrogen-bond donors (Lipinski definition) is 1. The Kier molecular flexibility index (Phi) is 3.10. The molecule has 0 fully saturated rings. The van der Waals surface area contributed by atoms with Gasteiger partial charge in [-0.15, -0.1) is 0 Å². The van der Waals surface area contributed by atoms with Crippen LogP contribution in [0.3, 0.4) is 0 Å². The molecule has 0 unspecified atom stereocenters. The minimum atomic E-state index is 0.589. The normalized spacial score (nSPS) is 11.1. The van der Waals surface area contributed by atoms with Crippen LogP contribution in [0.25, 0.3) is 10.9 Å². The molecular formula is C17H18N2. The topological polar surface area (TPSA) is 30.9 Å². The van der Waals surface area contributed by atoms with Gasteiger partial charge < -0.3 is 10.3 Å². The van der Waals surface area contributed by atoms with Crippen molar-refractivity contribution in [1.82, 2.24) is 4.57 Å². The van der Waals surface area contributed by atoms with Gasteiger partial charge in [0.2, 0.25) is 0 Å². The Hall–Kier alpha value is -2.06. The predicted molar refractivity (Wildman–Crippen MR) is 80.1 cm³/mol. The number of aromatic nitrogens is 1. The van der Waals surface area contributed by atoms with E-state index in [1.54, 1.807) is 0 Å². The van der Waals surface area contributed by atoms with Crippen LogP contribution in [0.4, 0.5) is 0 Å². The fourth-order valence-electron chi connectivity index (χ4n) is 2.50. The fourth-order valence-corrected chi connectivity index (χ4v) is 2.50. The molecule has 0 aliphatic carbocycles. The average Bonchev–Trinajstić information content (AvgIpc) is 2.81. The summed E-state index contributed by atoms with van der Waals surface area (Å²) in [4.78, 5) is 0. The maximum Gasteiger partial charge on any atom is 0.0486 e. The maximum absolute atomic E-state index is 5.72. The molecule has 0 bridgehead atoms. The van der Waals surface area contributed by atoms with Crippen LogP contribution in [0.2, 0.25) is 0 Å². The number of nitrogens with zero attached hydrogens (tertiary/aromatic N) is 1. The largest absolute Gasteiger partial charge is 0.343 e. The molecule has 0 aliphatic heterocycles. The average molecular weight is 250 g/mol. The quantitative estimate of drug-likeness (QED) is 0.758. The lowest BCUT2D eigenvalue weighted by atomic mass is 10.1. The van der Waals surface area contributed by atoms with Gasteiger partial charge in [0.05, 0.1) is 0 Å². The number of nitrogens with two attached hydrogens (primary N) is 1. The van der Waals surface area contributed by atoms with E-state index in [1.165, 1.54) is 27.6 Å². The van der Waals surface area contributed by atoms with E-state index in [9.17, 15) is 0 Å². The summed E-state index contributed by atoms with van der Waals surface area (Å²) in [6.45, 7) is 3.62. The number of aryl methyl sites for hydroxylation is 1. The Labute approximate surface area is 113 Å². The van der Waals surface area contributed by atoms with Gasteiger partial charge in [0.25, 0.3) is 0 Å². The highest BCUT2D eigenvalue weighted by Gasteiger charge is 2.03. The fraction of sp³-hybridized carbons (Fsp3) is 0.176. The van der Waals surface area contributed by atoms with Crippen molar-refractivity contribution in [3.8, 4) is 0 Å². The second-order valence-corrected chi connectivity index (χ2v) is 5.03. The maximum atomic E-state index is 5.72. The van der Waals surface area contributed by atoms with Crippen LogP contribution in [0.15, 0.2) is 54.7 Å². The lowest BCUT2D eigenvalue weighted by molar-refractivity contribution is 0.835. The zero-order chi connectivity index (χ0) is 13.2. The summed E-state index contributed by atoms with van der Waals surface area (Å²) in [5, 5.41) is 1.27. The lowest BCUT2D eigenvalue weighted by Crippen LogP contribution is -2.00. The summed E-state index contributed by atoms with van der Waals surface area (Å²) >= 11 is 0. The molecule has 96 valence electrons. The number of fused-ring (bicyclic) bond motifs is 1. The smallest absolute Gasteiger partial charge is 0.0486 e. The standard InChI is InChI=1S/C17H18N2/c1-13-3-2-4-15(9-13)12-19-8-7-16-6-5-14(11-18)10-17(16)19/h2-10H,11-12,18H2,1H3. The molecule has 1 heterocycles. The van der Waals surface area contributed by atoms with E-state index in [0.29, 0.717) is 6.54 Å². The van der Waals surface area contributed by atoms with Crippen LogP contribution in [-0.4, -0.2) is 4.57 Å². The summed E-state index contributed by atoms with van der Waals surface area (Å²) in [7, 11) is 0. The van der Waals surface area contributed by atoms with E-state index >= 15 is 0 Å². The second kappa shape index (κ2) is 4.90. The third-order valence-electron chi connectivity index (χ3n) is 3.51. The molecule has 0 saturated carbocycles. The molecule has 19 heavy (non-hydrogen) atoms. The first-order chi connectivity index (χ1) is 9.26. The third-order valence-corrected chi connectivity index (χ3v) is 3.51. The Morgan fingerprint density at radius 2 is 1.89 bits per heavy atom. The minimum absolute atomic E-state index is 0.589. The van der Waals surface area contributed by atoms with Gasteiger partial charge in [0, 0.05) is 24.8 Å². The first-order valence-electron chi connectivity index (χ1n) is 6.59. The van der Waals surface area contributed by atoms with E-state index in [0.717, 1.165) is 6.54 Å². The molecule has 3 aromatic rings. The Bertz CT molecular complexity index is 710. The molecule has 0 aliphatic rings. The summed E-state index contributed by atoms with van der Waals surface area (Å²) < 4.78 is 2.28. The van der Waals surface area contributed by atoms with Crippen LogP contribution >= 0.6 is 0 Å². The molecule has 0 amide bonds. The van der Waals surface area contributed by atoms with Crippen molar-refractivity contribution in [2.24, 2.45) is 5.73 Å². The van der Waals surface area contributed by atoms with Gasteiger partial charge in [-0.1, -0.05) is 42.0 Å². The molecule has 3 rings (SSSR count). The third kappa shape index (κ3) is 2.40. The summed E-state index contributed by atoms with van der Waals surface area (Å²) in [6, 6.07) is 17.2. The monoisotopic (exact) mass is 250 g/mol. The number of rotatable bonds is 3. The Morgan fingerprint density at radius 1 is 1.00 bits per heavy atom.